The SMILES string of the molecule is CC(OCc1ccc(C(N)=S)cc1Cl)C(F)(F)F. The lowest BCUT2D eigenvalue weighted by atomic mass is 10.1. The van der Waals surface area contributed by atoms with E-state index in [-0.39, 0.29) is 16.6 Å². The van der Waals surface area contributed by atoms with Crippen LogP contribution >= 0.6 is 23.8 Å². The smallest absolute Gasteiger partial charge is 0.389 e. The van der Waals surface area contributed by atoms with E-state index in [9.17, 15) is 13.2 Å². The van der Waals surface area contributed by atoms with E-state index in [4.69, 9.17) is 34.3 Å². The van der Waals surface area contributed by atoms with Crippen molar-refractivity contribution in [2.24, 2.45) is 5.73 Å². The summed E-state index contributed by atoms with van der Waals surface area (Å²) in [5, 5.41) is 0.273. The molecule has 0 spiro atoms. The second kappa shape index (κ2) is 5.86. The second-order valence-electron chi connectivity index (χ2n) is 3.67. The lowest BCUT2D eigenvalue weighted by Gasteiger charge is -2.17. The topological polar surface area (TPSA) is 35.2 Å². The molecule has 0 amide bonds. The Balaban J connectivity index is 2.72. The first-order chi connectivity index (χ1) is 8.21. The zero-order valence-corrected chi connectivity index (χ0v) is 11.0. The van der Waals surface area contributed by atoms with Crippen LogP contribution in [0.3, 0.4) is 0 Å². The third-order valence-electron chi connectivity index (χ3n) is 2.29. The van der Waals surface area contributed by atoms with E-state index in [1.54, 1.807) is 12.1 Å². The number of thiocarbonyl (C=S) groups is 1. The highest BCUT2D eigenvalue weighted by Gasteiger charge is 2.36. The predicted molar refractivity (Wildman–Crippen MR) is 67.6 cm³/mol. The molecule has 0 aliphatic rings. The van der Waals surface area contributed by atoms with Crippen LogP contribution in [0.2, 0.25) is 5.02 Å². The summed E-state index contributed by atoms with van der Waals surface area (Å²) in [4.78, 5) is 0.174. The van der Waals surface area contributed by atoms with Gasteiger partial charge in [-0.2, -0.15) is 13.2 Å². The quantitative estimate of drug-likeness (QED) is 0.865. The number of rotatable bonds is 4. The van der Waals surface area contributed by atoms with Gasteiger partial charge in [-0.3, -0.25) is 0 Å². The fraction of sp³-hybridized carbons (Fsp3) is 0.364. The molecule has 1 unspecified atom stereocenters. The van der Waals surface area contributed by atoms with Crippen molar-refractivity contribution < 1.29 is 17.9 Å². The van der Waals surface area contributed by atoms with Crippen molar-refractivity contribution >= 4 is 28.8 Å². The van der Waals surface area contributed by atoms with Crippen LogP contribution in [0.25, 0.3) is 0 Å². The van der Waals surface area contributed by atoms with Crippen LogP contribution in [0.4, 0.5) is 13.2 Å². The Labute approximate surface area is 113 Å². The molecule has 0 fully saturated rings. The number of hydrogen-bond acceptors (Lipinski definition) is 2. The van der Waals surface area contributed by atoms with Gasteiger partial charge in [-0.05, 0) is 18.6 Å². The molecule has 0 aliphatic heterocycles. The van der Waals surface area contributed by atoms with Gasteiger partial charge >= 0.3 is 6.18 Å². The molecule has 18 heavy (non-hydrogen) atoms. The summed E-state index contributed by atoms with van der Waals surface area (Å²) in [6.45, 7) is 0.717. The summed E-state index contributed by atoms with van der Waals surface area (Å²) in [5.74, 6) is 0. The third-order valence-corrected chi connectivity index (χ3v) is 2.87. The van der Waals surface area contributed by atoms with Crippen LogP contribution in [0.15, 0.2) is 18.2 Å². The number of benzene rings is 1. The van der Waals surface area contributed by atoms with Gasteiger partial charge in [0.25, 0.3) is 0 Å². The molecule has 2 N–H and O–H groups in total. The Morgan fingerprint density at radius 2 is 2.11 bits per heavy atom. The number of alkyl halides is 3. The average molecular weight is 298 g/mol. The Morgan fingerprint density at radius 1 is 1.50 bits per heavy atom. The maximum atomic E-state index is 12.2. The molecule has 1 aromatic rings. The number of nitrogens with two attached hydrogens (primary N) is 1. The number of hydrogen-bond donors (Lipinski definition) is 1. The summed E-state index contributed by atoms with van der Waals surface area (Å²) >= 11 is 10.7. The van der Waals surface area contributed by atoms with Gasteiger partial charge in [0.05, 0.1) is 6.61 Å². The van der Waals surface area contributed by atoms with Gasteiger partial charge in [0.15, 0.2) is 6.10 Å². The molecule has 100 valence electrons. The zero-order valence-electron chi connectivity index (χ0n) is 9.42. The molecule has 0 saturated carbocycles. The monoisotopic (exact) mass is 297 g/mol. The minimum atomic E-state index is -4.38. The van der Waals surface area contributed by atoms with Crippen molar-refractivity contribution in [3.8, 4) is 0 Å². The van der Waals surface area contributed by atoms with Gasteiger partial charge < -0.3 is 10.5 Å². The van der Waals surface area contributed by atoms with Crippen molar-refractivity contribution in [3.63, 3.8) is 0 Å². The molecule has 0 heterocycles. The van der Waals surface area contributed by atoms with Crippen LogP contribution in [-0.4, -0.2) is 17.3 Å². The van der Waals surface area contributed by atoms with Crippen molar-refractivity contribution in [2.75, 3.05) is 0 Å². The van der Waals surface area contributed by atoms with E-state index in [2.05, 4.69) is 0 Å². The first kappa shape index (κ1) is 15.2. The first-order valence-electron chi connectivity index (χ1n) is 4.98. The van der Waals surface area contributed by atoms with Gasteiger partial charge in [0.2, 0.25) is 0 Å². The highest BCUT2D eigenvalue weighted by molar-refractivity contribution is 7.80. The highest BCUT2D eigenvalue weighted by atomic mass is 35.5. The zero-order chi connectivity index (χ0) is 13.9. The second-order valence-corrected chi connectivity index (χ2v) is 4.51. The molecule has 1 rings (SSSR count). The fourth-order valence-corrected chi connectivity index (χ4v) is 1.49. The lowest BCUT2D eigenvalue weighted by molar-refractivity contribution is -0.217. The van der Waals surface area contributed by atoms with Gasteiger partial charge in [-0.15, -0.1) is 0 Å². The maximum absolute atomic E-state index is 12.2. The van der Waals surface area contributed by atoms with E-state index in [0.717, 1.165) is 6.92 Å². The number of ether oxygens (including phenoxy) is 1. The van der Waals surface area contributed by atoms with E-state index >= 15 is 0 Å². The largest absolute Gasteiger partial charge is 0.414 e. The van der Waals surface area contributed by atoms with Crippen LogP contribution in [0.5, 0.6) is 0 Å². The predicted octanol–water partition coefficient (Wildman–Crippen LogP) is 3.44. The molecule has 0 saturated heterocycles. The van der Waals surface area contributed by atoms with Gasteiger partial charge in [-0.25, -0.2) is 0 Å². The van der Waals surface area contributed by atoms with E-state index in [1.807, 2.05) is 0 Å². The molecular weight excluding hydrogens is 287 g/mol. The maximum Gasteiger partial charge on any atom is 0.414 e. The standard InChI is InChI=1S/C11H11ClF3NOS/c1-6(11(13,14)15)17-5-8-3-2-7(10(16)18)4-9(8)12/h2-4,6H,5H2,1H3,(H2,16,18). The summed E-state index contributed by atoms with van der Waals surface area (Å²) in [6.07, 6.45) is -6.23. The molecule has 2 nitrogen and oxygen atoms in total. The molecule has 7 heteroatoms. The summed E-state index contributed by atoms with van der Waals surface area (Å²) in [7, 11) is 0. The summed E-state index contributed by atoms with van der Waals surface area (Å²) in [5.41, 5.74) is 6.41. The lowest BCUT2D eigenvalue weighted by Crippen LogP contribution is -2.28. The van der Waals surface area contributed by atoms with Gasteiger partial charge in [0.1, 0.15) is 4.99 Å². The molecule has 0 bridgehead atoms. The first-order valence-corrected chi connectivity index (χ1v) is 5.77. The summed E-state index contributed by atoms with van der Waals surface area (Å²) in [6, 6.07) is 4.63. The normalized spacial score (nSPS) is 13.4. The minimum absolute atomic E-state index is 0.174. The Morgan fingerprint density at radius 3 is 2.56 bits per heavy atom. The molecule has 1 aromatic carbocycles. The Hall–Kier alpha value is -0.850. The molecule has 0 aromatic heterocycles. The van der Waals surface area contributed by atoms with E-state index in [0.29, 0.717) is 11.1 Å². The third kappa shape index (κ3) is 4.12. The van der Waals surface area contributed by atoms with Crippen molar-refractivity contribution in [2.45, 2.75) is 25.8 Å². The molecule has 0 radical (unpaired) electrons. The molecule has 0 aliphatic carbocycles. The van der Waals surface area contributed by atoms with Crippen LogP contribution in [0, 0.1) is 0 Å². The van der Waals surface area contributed by atoms with E-state index in [1.165, 1.54) is 6.07 Å². The Bertz CT molecular complexity index is 450. The van der Waals surface area contributed by atoms with Crippen LogP contribution in [0.1, 0.15) is 18.1 Å². The molecular formula is C11H11ClF3NOS. The average Bonchev–Trinajstić information content (AvgIpc) is 2.25. The fourth-order valence-electron chi connectivity index (χ4n) is 1.13. The number of halogens is 4. The van der Waals surface area contributed by atoms with Crippen molar-refractivity contribution in [1.29, 1.82) is 0 Å². The highest BCUT2D eigenvalue weighted by Crippen LogP contribution is 2.25. The van der Waals surface area contributed by atoms with Crippen molar-refractivity contribution in [3.05, 3.63) is 34.3 Å². The van der Waals surface area contributed by atoms with Crippen molar-refractivity contribution in [1.82, 2.24) is 0 Å². The van der Waals surface area contributed by atoms with E-state index < -0.39 is 12.3 Å². The van der Waals surface area contributed by atoms with Gasteiger partial charge in [0, 0.05) is 10.6 Å². The van der Waals surface area contributed by atoms with Gasteiger partial charge in [-0.1, -0.05) is 36.0 Å². The molecule has 1 atom stereocenters. The summed E-state index contributed by atoms with van der Waals surface area (Å²) < 4.78 is 41.4. The minimum Gasteiger partial charge on any atom is -0.389 e. The van der Waals surface area contributed by atoms with Crippen LogP contribution < -0.4 is 5.73 Å². The Kier molecular flexibility index (Phi) is 4.95. The van der Waals surface area contributed by atoms with Crippen LogP contribution in [-0.2, 0) is 11.3 Å².